The largest absolute Gasteiger partial charge is 0.416 e. The first kappa shape index (κ1) is 17.8. The van der Waals surface area contributed by atoms with Gasteiger partial charge in [0.25, 0.3) is 0 Å². The molecule has 0 nitrogen and oxygen atoms in total. The Morgan fingerprint density at radius 3 is 1.96 bits per heavy atom. The van der Waals surface area contributed by atoms with E-state index in [4.69, 9.17) is 0 Å². The van der Waals surface area contributed by atoms with Crippen LogP contribution in [-0.4, -0.2) is 10.2 Å². The highest BCUT2D eigenvalue weighted by Gasteiger charge is 2.37. The SMILES string of the molecule is CC1=Cc2c(-c3cc(C(F)(F)F)cc(C(F)(F)F)c3)cccc2C1[Si]. The van der Waals surface area contributed by atoms with Crippen molar-refractivity contribution in [2.24, 2.45) is 0 Å². The summed E-state index contributed by atoms with van der Waals surface area (Å²) in [7, 11) is 3.53. The van der Waals surface area contributed by atoms with Crippen molar-refractivity contribution in [1.82, 2.24) is 0 Å². The van der Waals surface area contributed by atoms with Crippen molar-refractivity contribution in [3.05, 3.63) is 64.2 Å². The van der Waals surface area contributed by atoms with Gasteiger partial charge in [0.05, 0.1) is 11.1 Å². The average molecular weight is 369 g/mol. The molecule has 1 atom stereocenters. The predicted octanol–water partition coefficient (Wildman–Crippen LogP) is 6.02. The van der Waals surface area contributed by atoms with E-state index in [0.29, 0.717) is 11.1 Å². The van der Waals surface area contributed by atoms with Crippen LogP contribution < -0.4 is 0 Å². The summed E-state index contributed by atoms with van der Waals surface area (Å²) in [5, 5.41) is 0. The van der Waals surface area contributed by atoms with Gasteiger partial charge in [-0.3, -0.25) is 0 Å². The second kappa shape index (κ2) is 5.76. The number of hydrogen-bond acceptors (Lipinski definition) is 0. The Bertz CT molecular complexity index is 829. The molecule has 0 N–H and O–H groups in total. The number of benzene rings is 2. The van der Waals surface area contributed by atoms with E-state index in [9.17, 15) is 26.3 Å². The van der Waals surface area contributed by atoms with Gasteiger partial charge in [0.2, 0.25) is 0 Å². The molecule has 0 aromatic heterocycles. The van der Waals surface area contributed by atoms with Gasteiger partial charge in [-0.25, -0.2) is 0 Å². The minimum atomic E-state index is -4.86. The van der Waals surface area contributed by atoms with E-state index < -0.39 is 23.5 Å². The van der Waals surface area contributed by atoms with Gasteiger partial charge < -0.3 is 0 Å². The predicted molar refractivity (Wildman–Crippen MR) is 84.0 cm³/mol. The highest BCUT2D eigenvalue weighted by atomic mass is 28.1. The lowest BCUT2D eigenvalue weighted by atomic mass is 9.94. The Morgan fingerprint density at radius 2 is 1.44 bits per heavy atom. The summed E-state index contributed by atoms with van der Waals surface area (Å²) >= 11 is 0. The van der Waals surface area contributed by atoms with Crippen LogP contribution in [0.5, 0.6) is 0 Å². The van der Waals surface area contributed by atoms with E-state index in [1.54, 1.807) is 18.2 Å². The molecule has 1 aliphatic carbocycles. The van der Waals surface area contributed by atoms with Crippen molar-refractivity contribution < 1.29 is 26.3 Å². The molecule has 3 radical (unpaired) electrons. The third-order valence-corrected chi connectivity index (χ3v) is 4.94. The zero-order valence-electron chi connectivity index (χ0n) is 12.9. The van der Waals surface area contributed by atoms with Gasteiger partial charge in [0, 0.05) is 10.2 Å². The van der Waals surface area contributed by atoms with Crippen LogP contribution >= 0.6 is 0 Å². The van der Waals surface area contributed by atoms with Crippen LogP contribution in [0.15, 0.2) is 42.0 Å². The van der Waals surface area contributed by atoms with Crippen molar-refractivity contribution in [3.8, 4) is 11.1 Å². The Morgan fingerprint density at radius 1 is 0.880 bits per heavy atom. The lowest BCUT2D eigenvalue weighted by Gasteiger charge is -2.16. The van der Waals surface area contributed by atoms with Gasteiger partial charge in [-0.05, 0) is 52.9 Å². The Balaban J connectivity index is 2.26. The van der Waals surface area contributed by atoms with E-state index in [-0.39, 0.29) is 17.2 Å². The number of alkyl halides is 6. The van der Waals surface area contributed by atoms with E-state index in [1.807, 2.05) is 6.92 Å². The quantitative estimate of drug-likeness (QED) is 0.426. The fourth-order valence-electron chi connectivity index (χ4n) is 2.91. The molecule has 0 bridgehead atoms. The van der Waals surface area contributed by atoms with Crippen LogP contribution in [0.1, 0.15) is 34.7 Å². The van der Waals surface area contributed by atoms with Crippen LogP contribution in [0.4, 0.5) is 26.3 Å². The van der Waals surface area contributed by atoms with Gasteiger partial charge >= 0.3 is 12.4 Å². The second-order valence-corrected chi connectivity index (χ2v) is 6.50. The molecule has 0 spiro atoms. The third-order valence-electron chi connectivity index (χ3n) is 4.18. The fraction of sp³-hybridized carbons (Fsp3) is 0.222. The molecule has 0 fully saturated rings. The van der Waals surface area contributed by atoms with Crippen LogP contribution in [0.25, 0.3) is 17.2 Å². The van der Waals surface area contributed by atoms with E-state index in [0.717, 1.165) is 23.3 Å². The van der Waals surface area contributed by atoms with Crippen molar-refractivity contribution in [1.29, 1.82) is 0 Å². The normalized spacial score (nSPS) is 17.4. The first-order valence-electron chi connectivity index (χ1n) is 7.30. The maximum absolute atomic E-state index is 13.1. The van der Waals surface area contributed by atoms with Crippen molar-refractivity contribution in [2.45, 2.75) is 24.8 Å². The molecule has 3 rings (SSSR count). The highest BCUT2D eigenvalue weighted by molar-refractivity contribution is 6.16. The summed E-state index contributed by atoms with van der Waals surface area (Å²) in [4.78, 5) is 0. The molecule has 0 saturated carbocycles. The molecule has 7 heteroatoms. The van der Waals surface area contributed by atoms with Crippen molar-refractivity contribution >= 4 is 16.3 Å². The molecule has 129 valence electrons. The summed E-state index contributed by atoms with van der Waals surface area (Å²) in [6.45, 7) is 1.84. The molecule has 1 unspecified atom stereocenters. The Kier molecular flexibility index (Phi) is 4.10. The number of halogens is 6. The van der Waals surface area contributed by atoms with Gasteiger partial charge in [0.1, 0.15) is 0 Å². The summed E-state index contributed by atoms with van der Waals surface area (Å²) in [5.74, 6) is 0. The van der Waals surface area contributed by atoms with Crippen LogP contribution in [0, 0.1) is 0 Å². The molecule has 2 aromatic carbocycles. The second-order valence-electron chi connectivity index (χ2n) is 5.92. The monoisotopic (exact) mass is 369 g/mol. The van der Waals surface area contributed by atoms with E-state index >= 15 is 0 Å². The molecule has 0 heterocycles. The number of allylic oxidation sites excluding steroid dienone is 1. The number of fused-ring (bicyclic) bond motifs is 1. The molecule has 0 saturated heterocycles. The lowest BCUT2D eigenvalue weighted by Crippen LogP contribution is -2.11. The van der Waals surface area contributed by atoms with Gasteiger partial charge in [-0.2, -0.15) is 26.3 Å². The fourth-order valence-corrected chi connectivity index (χ4v) is 3.25. The van der Waals surface area contributed by atoms with Crippen molar-refractivity contribution in [2.75, 3.05) is 0 Å². The van der Waals surface area contributed by atoms with Crippen LogP contribution in [-0.2, 0) is 12.4 Å². The Hall–Kier alpha value is -2.02. The van der Waals surface area contributed by atoms with Gasteiger partial charge in [-0.15, -0.1) is 0 Å². The maximum Gasteiger partial charge on any atom is 0.416 e. The average Bonchev–Trinajstić information content (AvgIpc) is 2.80. The van der Waals surface area contributed by atoms with Crippen molar-refractivity contribution in [3.63, 3.8) is 0 Å². The standard InChI is InChI=1S/C18H11F6Si/c1-9-5-15-13(3-2-4-14(15)16(9)25)10-6-11(17(19,20)21)8-12(7-10)18(22,23)24/h2-8,16H,1H3. The zero-order chi connectivity index (χ0) is 18.6. The molecule has 1 aliphatic rings. The summed E-state index contributed by atoms with van der Waals surface area (Å²) in [6, 6.07) is 6.61. The molecular formula is C18H11F6Si. The molecule has 2 aromatic rings. The first-order valence-corrected chi connectivity index (χ1v) is 7.88. The van der Waals surface area contributed by atoms with E-state index in [2.05, 4.69) is 10.2 Å². The topological polar surface area (TPSA) is 0 Å². The maximum atomic E-state index is 13.1. The van der Waals surface area contributed by atoms with Crippen LogP contribution in [0.2, 0.25) is 0 Å². The highest BCUT2D eigenvalue weighted by Crippen LogP contribution is 2.43. The molecule has 0 aliphatic heterocycles. The summed E-state index contributed by atoms with van der Waals surface area (Å²) in [6.07, 6.45) is -7.95. The summed E-state index contributed by atoms with van der Waals surface area (Å²) in [5.41, 5.74) is -0.125. The first-order chi connectivity index (χ1) is 11.5. The minimum Gasteiger partial charge on any atom is -0.166 e. The molecular weight excluding hydrogens is 358 g/mol. The smallest absolute Gasteiger partial charge is 0.166 e. The third kappa shape index (κ3) is 3.25. The zero-order valence-corrected chi connectivity index (χ0v) is 13.9. The molecule has 25 heavy (non-hydrogen) atoms. The molecule has 0 amide bonds. The number of hydrogen-bond donors (Lipinski definition) is 0. The van der Waals surface area contributed by atoms with Gasteiger partial charge in [-0.1, -0.05) is 29.8 Å². The Labute approximate surface area is 143 Å². The minimum absolute atomic E-state index is 0.108. The van der Waals surface area contributed by atoms with Gasteiger partial charge in [0.15, 0.2) is 0 Å². The lowest BCUT2D eigenvalue weighted by molar-refractivity contribution is -0.143. The summed E-state index contributed by atoms with van der Waals surface area (Å²) < 4.78 is 78.4. The van der Waals surface area contributed by atoms with E-state index in [1.165, 1.54) is 6.07 Å². The number of rotatable bonds is 1. The van der Waals surface area contributed by atoms with Crippen LogP contribution in [0.3, 0.4) is 0 Å².